The van der Waals surface area contributed by atoms with Crippen LogP contribution in [0.15, 0.2) is 46.9 Å². The smallest absolute Gasteiger partial charge is 0.162 e. The molecule has 1 aromatic carbocycles. The van der Waals surface area contributed by atoms with Crippen molar-refractivity contribution in [3.63, 3.8) is 0 Å². The lowest BCUT2D eigenvalue weighted by molar-refractivity contribution is 0.364. The van der Waals surface area contributed by atoms with E-state index in [9.17, 15) is 0 Å². The van der Waals surface area contributed by atoms with Crippen molar-refractivity contribution in [3.05, 3.63) is 53.1 Å². The van der Waals surface area contributed by atoms with E-state index in [1.807, 2.05) is 30.6 Å². The molecule has 164 valence electrons. The Kier molecular flexibility index (Phi) is 7.69. The molecule has 3 rings (SSSR count). The fourth-order valence-electron chi connectivity index (χ4n) is 3.73. The van der Waals surface area contributed by atoms with E-state index in [0.717, 1.165) is 48.1 Å². The Hall–Kier alpha value is -2.86. The Labute approximate surface area is 185 Å². The molecule has 3 N–H and O–H groups in total. The summed E-state index contributed by atoms with van der Waals surface area (Å²) in [5.74, 6) is 2.59. The number of hydrogen-bond acceptors (Lipinski definition) is 6. The molecule has 2 aromatic rings. The molecule has 0 amide bonds. The first-order chi connectivity index (χ1) is 15.0. The number of ether oxygens (including phenoxy) is 1. The topological polar surface area (TPSA) is 97.2 Å². The summed E-state index contributed by atoms with van der Waals surface area (Å²) < 4.78 is 6.54. The Morgan fingerprint density at radius 3 is 2.61 bits per heavy atom. The van der Waals surface area contributed by atoms with Crippen molar-refractivity contribution in [3.8, 4) is 17.1 Å². The molecule has 0 saturated carbocycles. The maximum absolute atomic E-state index is 7.67. The molecule has 0 fully saturated rings. The monoisotopic (exact) mass is 419 g/mol. The summed E-state index contributed by atoms with van der Waals surface area (Å²) in [5.41, 5.74) is 10.7. The average Bonchev–Trinajstić information content (AvgIpc) is 2.76. The number of nitrogens with two attached hydrogens (primary N) is 1. The van der Waals surface area contributed by atoms with Crippen LogP contribution in [0.5, 0.6) is 5.75 Å². The highest BCUT2D eigenvalue weighted by Gasteiger charge is 2.26. The Morgan fingerprint density at radius 2 is 2.00 bits per heavy atom. The van der Waals surface area contributed by atoms with E-state index in [1.54, 1.807) is 0 Å². The fraction of sp³-hybridized carbons (Fsp3) is 0.440. The first kappa shape index (κ1) is 22.8. The maximum Gasteiger partial charge on any atom is 0.162 e. The Balaban J connectivity index is 1.99. The van der Waals surface area contributed by atoms with Gasteiger partial charge in [-0.05, 0) is 61.1 Å². The molecule has 6 nitrogen and oxygen atoms in total. The van der Waals surface area contributed by atoms with Crippen molar-refractivity contribution in [1.29, 1.82) is 5.41 Å². The van der Waals surface area contributed by atoms with E-state index >= 15 is 0 Å². The van der Waals surface area contributed by atoms with Gasteiger partial charge in [0.05, 0.1) is 5.56 Å². The van der Waals surface area contributed by atoms with Gasteiger partial charge in [0.25, 0.3) is 0 Å². The minimum absolute atomic E-state index is 0.0143. The molecule has 0 radical (unpaired) electrons. The number of hydrogen-bond donors (Lipinski definition) is 2. The summed E-state index contributed by atoms with van der Waals surface area (Å²) in [7, 11) is 0. The fourth-order valence-corrected chi connectivity index (χ4v) is 3.73. The van der Waals surface area contributed by atoms with Crippen LogP contribution in [0.25, 0.3) is 11.4 Å². The molecular weight excluding hydrogens is 386 g/mol. The lowest BCUT2D eigenvalue weighted by Gasteiger charge is -2.27. The van der Waals surface area contributed by atoms with Crippen molar-refractivity contribution in [2.24, 2.45) is 16.6 Å². The first-order valence-electron chi connectivity index (χ1n) is 11.1. The van der Waals surface area contributed by atoms with Gasteiger partial charge in [0, 0.05) is 30.7 Å². The molecule has 0 spiro atoms. The van der Waals surface area contributed by atoms with Gasteiger partial charge in [-0.15, -0.1) is 0 Å². The van der Waals surface area contributed by atoms with Gasteiger partial charge in [0.1, 0.15) is 17.6 Å². The number of dihydropyridines is 1. The minimum atomic E-state index is 0.0143. The van der Waals surface area contributed by atoms with Crippen molar-refractivity contribution >= 4 is 11.9 Å². The predicted molar refractivity (Wildman–Crippen MR) is 127 cm³/mol. The van der Waals surface area contributed by atoms with Crippen LogP contribution in [-0.2, 0) is 6.42 Å². The van der Waals surface area contributed by atoms with Crippen molar-refractivity contribution < 1.29 is 4.74 Å². The minimum Gasteiger partial charge on any atom is -0.459 e. The number of aliphatic imine (C=N–C) groups is 1. The summed E-state index contributed by atoms with van der Waals surface area (Å²) in [6.45, 7) is 9.25. The zero-order valence-electron chi connectivity index (χ0n) is 19.0. The summed E-state index contributed by atoms with van der Waals surface area (Å²) in [6.07, 6.45) is 8.49. The molecule has 1 atom stereocenters. The standard InChI is InChI=1S/C25H33N5O/c1-5-6-21-24(17(4)11-22(30-21)16(2)3)31-23-12-18(13-27)7-8-20(23)25-28-14-19(9-10-26)15-29-25/h7-8,12-16,21,27H,5-6,9-11,26H2,1-4H3. The molecule has 6 heteroatoms. The van der Waals surface area contributed by atoms with Crippen LogP contribution in [0, 0.1) is 11.3 Å². The van der Waals surface area contributed by atoms with Crippen LogP contribution in [-0.4, -0.2) is 34.5 Å². The van der Waals surface area contributed by atoms with Crippen LogP contribution in [0.4, 0.5) is 0 Å². The SMILES string of the molecule is CCCC1N=C(C(C)C)CC(C)=C1Oc1cc(C=N)ccc1-c1ncc(CCN)cn1. The second kappa shape index (κ2) is 10.4. The maximum atomic E-state index is 7.67. The molecule has 2 heterocycles. The Bertz CT molecular complexity index is 976. The zero-order chi connectivity index (χ0) is 22.4. The number of rotatable bonds is 9. The average molecular weight is 420 g/mol. The van der Waals surface area contributed by atoms with E-state index in [1.165, 1.54) is 17.5 Å². The highest BCUT2D eigenvalue weighted by atomic mass is 16.5. The third kappa shape index (κ3) is 5.44. The summed E-state index contributed by atoms with van der Waals surface area (Å²) >= 11 is 0. The van der Waals surface area contributed by atoms with Gasteiger partial charge in [0.2, 0.25) is 0 Å². The van der Waals surface area contributed by atoms with Crippen LogP contribution in [0.2, 0.25) is 0 Å². The van der Waals surface area contributed by atoms with Gasteiger partial charge in [-0.2, -0.15) is 0 Å². The first-order valence-corrected chi connectivity index (χ1v) is 11.1. The molecular formula is C25H33N5O. The zero-order valence-corrected chi connectivity index (χ0v) is 19.0. The Morgan fingerprint density at radius 1 is 1.26 bits per heavy atom. The lowest BCUT2D eigenvalue weighted by atomic mass is 9.93. The highest BCUT2D eigenvalue weighted by Crippen LogP contribution is 2.34. The second-order valence-electron chi connectivity index (χ2n) is 8.36. The summed E-state index contributed by atoms with van der Waals surface area (Å²) in [5, 5.41) is 7.67. The lowest BCUT2D eigenvalue weighted by Crippen LogP contribution is -2.25. The third-order valence-electron chi connectivity index (χ3n) is 5.49. The largest absolute Gasteiger partial charge is 0.459 e. The van der Waals surface area contributed by atoms with Crippen LogP contribution in [0.1, 0.15) is 58.1 Å². The molecule has 0 saturated heterocycles. The summed E-state index contributed by atoms with van der Waals surface area (Å²) in [6, 6.07) is 5.70. The number of benzene rings is 1. The van der Waals surface area contributed by atoms with Gasteiger partial charge in [-0.3, -0.25) is 4.99 Å². The molecule has 0 bridgehead atoms. The highest BCUT2D eigenvalue weighted by molar-refractivity contribution is 5.89. The number of allylic oxidation sites excluding steroid dienone is 1. The van der Waals surface area contributed by atoms with Crippen molar-refractivity contribution in [1.82, 2.24) is 9.97 Å². The van der Waals surface area contributed by atoms with E-state index < -0.39 is 0 Å². The van der Waals surface area contributed by atoms with Crippen LogP contribution in [0.3, 0.4) is 0 Å². The molecule has 1 unspecified atom stereocenters. The van der Waals surface area contributed by atoms with Crippen LogP contribution < -0.4 is 10.5 Å². The molecule has 0 aliphatic carbocycles. The third-order valence-corrected chi connectivity index (χ3v) is 5.49. The van der Waals surface area contributed by atoms with Crippen molar-refractivity contribution in [2.75, 3.05) is 6.54 Å². The number of nitrogens with zero attached hydrogens (tertiary/aromatic N) is 3. The van der Waals surface area contributed by atoms with Gasteiger partial charge in [-0.25, -0.2) is 9.97 Å². The van der Waals surface area contributed by atoms with Gasteiger partial charge < -0.3 is 15.9 Å². The molecule has 1 aliphatic rings. The van der Waals surface area contributed by atoms with Crippen molar-refractivity contribution in [2.45, 2.75) is 59.4 Å². The van der Waals surface area contributed by atoms with E-state index in [-0.39, 0.29) is 6.04 Å². The molecule has 1 aromatic heterocycles. The second-order valence-corrected chi connectivity index (χ2v) is 8.36. The van der Waals surface area contributed by atoms with Gasteiger partial charge >= 0.3 is 0 Å². The van der Waals surface area contributed by atoms with E-state index in [0.29, 0.717) is 24.0 Å². The molecule has 1 aliphatic heterocycles. The van der Waals surface area contributed by atoms with Gasteiger partial charge in [-0.1, -0.05) is 33.3 Å². The predicted octanol–water partition coefficient (Wildman–Crippen LogP) is 4.96. The van der Waals surface area contributed by atoms with E-state index in [2.05, 4.69) is 37.7 Å². The molecule has 31 heavy (non-hydrogen) atoms. The van der Waals surface area contributed by atoms with Gasteiger partial charge in [0.15, 0.2) is 5.82 Å². The normalized spacial score (nSPS) is 16.5. The number of nitrogens with one attached hydrogen (secondary N) is 1. The quantitative estimate of drug-likeness (QED) is 0.561. The number of aromatic nitrogens is 2. The summed E-state index contributed by atoms with van der Waals surface area (Å²) in [4.78, 5) is 14.1. The van der Waals surface area contributed by atoms with E-state index in [4.69, 9.17) is 20.9 Å². The van der Waals surface area contributed by atoms with Crippen LogP contribution >= 0.6 is 0 Å².